The third kappa shape index (κ3) is 6.44. The number of para-hydroxylation sites is 2. The summed E-state index contributed by atoms with van der Waals surface area (Å²) in [6.07, 6.45) is 1.47. The quantitative estimate of drug-likeness (QED) is 0.148. The molecule has 0 spiro atoms. The lowest BCUT2D eigenvalue weighted by atomic mass is 10.2. The number of halogens is 3. The smallest absolute Gasteiger partial charge is 0.282 e. The summed E-state index contributed by atoms with van der Waals surface area (Å²) in [5.41, 5.74) is 2.86. The second kappa shape index (κ2) is 13.5. The van der Waals surface area contributed by atoms with Crippen LogP contribution in [0.3, 0.4) is 0 Å². The maximum absolute atomic E-state index is 13.7. The van der Waals surface area contributed by atoms with Crippen LogP contribution in [-0.2, 0) is 4.79 Å². The molecule has 0 aliphatic carbocycles. The van der Waals surface area contributed by atoms with E-state index in [0.717, 1.165) is 15.4 Å². The first-order chi connectivity index (χ1) is 22.2. The highest BCUT2D eigenvalue weighted by Gasteiger charge is 2.20. The number of hydrogen-bond donors (Lipinski definition) is 1. The molecule has 2 heterocycles. The summed E-state index contributed by atoms with van der Waals surface area (Å²) < 4.78 is 20.3. The summed E-state index contributed by atoms with van der Waals surface area (Å²) in [7, 11) is 0. The van der Waals surface area contributed by atoms with Crippen molar-refractivity contribution in [2.24, 2.45) is 5.10 Å². The zero-order chi connectivity index (χ0) is 32.4. The van der Waals surface area contributed by atoms with E-state index < -0.39 is 0 Å². The molecule has 6 rings (SSSR count). The fourth-order valence-electron chi connectivity index (χ4n) is 4.77. The Kier molecular flexibility index (Phi) is 9.25. The first-order valence-electron chi connectivity index (χ1n) is 14.1. The molecule has 232 valence electrons. The van der Waals surface area contributed by atoms with Crippen LogP contribution in [0.25, 0.3) is 33.5 Å². The molecule has 6 aromatic rings. The fourth-order valence-corrected chi connectivity index (χ4v) is 5.80. The average molecular weight is 765 g/mol. The minimum atomic E-state index is -0.384. The minimum Gasteiger partial charge on any atom is -0.490 e. The Labute approximate surface area is 285 Å². The molecular weight excluding hydrogens is 740 g/mol. The number of fused-ring (bicyclic) bond motifs is 2. The Hall–Kier alpha value is -4.45. The molecule has 0 fully saturated rings. The number of nitrogens with zero attached hydrogens (tertiary/aromatic N) is 3. The van der Waals surface area contributed by atoms with Crippen LogP contribution in [0.1, 0.15) is 18.1 Å². The van der Waals surface area contributed by atoms with E-state index in [4.69, 9.17) is 30.5 Å². The van der Waals surface area contributed by atoms with Crippen molar-refractivity contribution in [3.63, 3.8) is 0 Å². The lowest BCUT2D eigenvalue weighted by Crippen LogP contribution is -2.21. The number of aryl methyl sites for hydroxylation is 1. The van der Waals surface area contributed by atoms with Gasteiger partial charge in [-0.1, -0.05) is 57.9 Å². The van der Waals surface area contributed by atoms with Gasteiger partial charge in [0.25, 0.3) is 11.5 Å². The van der Waals surface area contributed by atoms with Gasteiger partial charge in [0, 0.05) is 25.6 Å². The van der Waals surface area contributed by atoms with Crippen LogP contribution in [0.4, 0.5) is 5.69 Å². The maximum atomic E-state index is 13.7. The van der Waals surface area contributed by atoms with Gasteiger partial charge in [-0.25, -0.2) is 4.98 Å². The number of aromatic nitrogens is 2. The molecule has 0 aliphatic heterocycles. The molecule has 1 N–H and O–H groups in total. The predicted octanol–water partition coefficient (Wildman–Crippen LogP) is 8.59. The van der Waals surface area contributed by atoms with Gasteiger partial charge in [-0.2, -0.15) is 9.78 Å². The van der Waals surface area contributed by atoms with E-state index in [9.17, 15) is 9.59 Å². The predicted molar refractivity (Wildman–Crippen MR) is 188 cm³/mol. The monoisotopic (exact) mass is 762 g/mol. The van der Waals surface area contributed by atoms with Gasteiger partial charge in [0.05, 0.1) is 23.7 Å². The molecule has 0 aliphatic rings. The summed E-state index contributed by atoms with van der Waals surface area (Å²) in [5.74, 6) is 0.717. The zero-order valence-electron chi connectivity index (χ0n) is 24.5. The van der Waals surface area contributed by atoms with Crippen molar-refractivity contribution >= 4 is 83.1 Å². The number of rotatable bonds is 9. The van der Waals surface area contributed by atoms with Crippen molar-refractivity contribution in [1.29, 1.82) is 0 Å². The van der Waals surface area contributed by atoms with Gasteiger partial charge in [-0.05, 0) is 83.9 Å². The van der Waals surface area contributed by atoms with Crippen molar-refractivity contribution in [3.05, 3.63) is 114 Å². The van der Waals surface area contributed by atoms with Crippen LogP contribution in [0.15, 0.2) is 102 Å². The SMILES string of the molecule is CCOc1cc(C=Nn2c(-c3cc4cc(Br)ccc4o3)nc3ccccc3c2=O)c(Br)c(Cl)c1OCC(=O)Nc1ccccc1C. The Morgan fingerprint density at radius 2 is 1.85 bits per heavy atom. The second-order valence-electron chi connectivity index (χ2n) is 10.1. The standard InChI is InChI=1S/C34H25Br2ClN4O5/c1-3-44-27-16-21(30(36)31(37)32(27)45-18-29(42)39-24-10-6-4-8-19(24)2)17-38-41-33(40-25-11-7-5-9-23(25)34(41)43)28-15-20-14-22(35)12-13-26(20)46-28/h4-17H,3,18H2,1-2H3,(H,39,42). The van der Waals surface area contributed by atoms with E-state index >= 15 is 0 Å². The van der Waals surface area contributed by atoms with Crippen LogP contribution >= 0.6 is 43.5 Å². The molecule has 1 amide bonds. The van der Waals surface area contributed by atoms with E-state index in [-0.39, 0.29) is 34.7 Å². The van der Waals surface area contributed by atoms with Crippen molar-refractivity contribution in [1.82, 2.24) is 9.66 Å². The summed E-state index contributed by atoms with van der Waals surface area (Å²) in [5, 5.41) is 8.78. The van der Waals surface area contributed by atoms with Crippen LogP contribution in [0.5, 0.6) is 11.5 Å². The molecule has 2 aromatic heterocycles. The molecule has 0 bridgehead atoms. The highest BCUT2D eigenvalue weighted by atomic mass is 79.9. The zero-order valence-corrected chi connectivity index (χ0v) is 28.4. The van der Waals surface area contributed by atoms with Gasteiger partial charge in [0.2, 0.25) is 5.82 Å². The molecule has 0 unspecified atom stereocenters. The molecule has 0 atom stereocenters. The first-order valence-corrected chi connectivity index (χ1v) is 16.1. The summed E-state index contributed by atoms with van der Waals surface area (Å²) >= 11 is 13.8. The average Bonchev–Trinajstić information content (AvgIpc) is 3.47. The summed E-state index contributed by atoms with van der Waals surface area (Å²) in [6.45, 7) is 3.72. The van der Waals surface area contributed by atoms with E-state index in [2.05, 4.69) is 42.3 Å². The van der Waals surface area contributed by atoms with Crippen molar-refractivity contribution in [3.8, 4) is 23.1 Å². The lowest BCUT2D eigenvalue weighted by Gasteiger charge is -2.16. The highest BCUT2D eigenvalue weighted by Crippen LogP contribution is 2.42. The molecule has 46 heavy (non-hydrogen) atoms. The van der Waals surface area contributed by atoms with Crippen LogP contribution in [-0.4, -0.2) is 35.0 Å². The van der Waals surface area contributed by atoms with Crippen molar-refractivity contribution < 1.29 is 18.7 Å². The third-order valence-electron chi connectivity index (χ3n) is 6.99. The molecule has 9 nitrogen and oxygen atoms in total. The number of hydrogen-bond acceptors (Lipinski definition) is 7. The largest absolute Gasteiger partial charge is 0.490 e. The van der Waals surface area contributed by atoms with Gasteiger partial charge >= 0.3 is 0 Å². The number of benzene rings is 4. The number of carbonyl (C=O) groups excluding carboxylic acids is 1. The molecule has 4 aromatic carbocycles. The normalized spacial score (nSPS) is 11.4. The Morgan fingerprint density at radius 1 is 1.07 bits per heavy atom. The molecule has 0 radical (unpaired) electrons. The van der Waals surface area contributed by atoms with Crippen LogP contribution in [0.2, 0.25) is 5.02 Å². The number of anilines is 1. The highest BCUT2D eigenvalue weighted by molar-refractivity contribution is 9.10. The Morgan fingerprint density at radius 3 is 2.65 bits per heavy atom. The topological polar surface area (TPSA) is 108 Å². The van der Waals surface area contributed by atoms with Crippen molar-refractivity contribution in [2.75, 3.05) is 18.5 Å². The van der Waals surface area contributed by atoms with Gasteiger partial charge < -0.3 is 19.2 Å². The first kappa shape index (κ1) is 31.5. The van der Waals surface area contributed by atoms with Crippen molar-refractivity contribution in [2.45, 2.75) is 13.8 Å². The second-order valence-corrected chi connectivity index (χ2v) is 12.2. The molecular formula is C34H25Br2ClN4O5. The maximum Gasteiger partial charge on any atom is 0.282 e. The summed E-state index contributed by atoms with van der Waals surface area (Å²) in [4.78, 5) is 31.1. The Balaban J connectivity index is 1.37. The van der Waals surface area contributed by atoms with Gasteiger partial charge in [0.15, 0.2) is 23.9 Å². The van der Waals surface area contributed by atoms with Crippen LogP contribution in [0, 0.1) is 6.92 Å². The van der Waals surface area contributed by atoms with Gasteiger partial charge in [0.1, 0.15) is 10.6 Å². The Bertz CT molecular complexity index is 2210. The fraction of sp³-hybridized carbons (Fsp3) is 0.118. The summed E-state index contributed by atoms with van der Waals surface area (Å²) in [6, 6.07) is 23.6. The van der Waals surface area contributed by atoms with E-state index in [1.54, 1.807) is 24.3 Å². The van der Waals surface area contributed by atoms with E-state index in [0.29, 0.717) is 50.3 Å². The number of nitrogens with one attached hydrogen (secondary N) is 1. The lowest BCUT2D eigenvalue weighted by molar-refractivity contribution is -0.118. The van der Waals surface area contributed by atoms with Gasteiger partial charge in [-0.15, -0.1) is 0 Å². The van der Waals surface area contributed by atoms with Gasteiger partial charge in [-0.3, -0.25) is 9.59 Å². The van der Waals surface area contributed by atoms with E-state index in [1.807, 2.05) is 68.4 Å². The van der Waals surface area contributed by atoms with Crippen LogP contribution < -0.4 is 20.3 Å². The number of amides is 1. The third-order valence-corrected chi connectivity index (χ3v) is 8.92. The number of carbonyl (C=O) groups is 1. The number of ether oxygens (including phenoxy) is 2. The minimum absolute atomic E-state index is 0.170. The molecule has 0 saturated carbocycles. The number of furan rings is 1. The molecule has 0 saturated heterocycles. The molecule has 12 heteroatoms. The van der Waals surface area contributed by atoms with E-state index in [1.165, 1.54) is 10.9 Å².